The molecule has 2 aromatic rings. The summed E-state index contributed by atoms with van der Waals surface area (Å²) in [5.41, 5.74) is -1.27. The van der Waals surface area contributed by atoms with Crippen molar-refractivity contribution in [3.8, 4) is 0 Å². The molecule has 176 valence electrons. The molecule has 10 nitrogen and oxygen atoms in total. The normalized spacial score (nSPS) is 15.4. The minimum atomic E-state index is -0.549. The number of nitrogens with one attached hydrogen (secondary N) is 1. The summed E-state index contributed by atoms with van der Waals surface area (Å²) in [5, 5.41) is 2.95. The van der Waals surface area contributed by atoms with Gasteiger partial charge in [0, 0.05) is 58.9 Å². The Bertz CT molecular complexity index is 1150. The fourth-order valence-corrected chi connectivity index (χ4v) is 4.38. The van der Waals surface area contributed by atoms with E-state index >= 15 is 0 Å². The van der Waals surface area contributed by atoms with E-state index in [1.54, 1.807) is 13.8 Å². The number of carbonyl (C=O) groups is 1. The molecule has 0 atom stereocenters. The Labute approximate surface area is 187 Å². The van der Waals surface area contributed by atoms with Gasteiger partial charge in [0.25, 0.3) is 17.0 Å². The van der Waals surface area contributed by atoms with Crippen LogP contribution in [0.3, 0.4) is 0 Å². The number of carbonyl (C=O) groups excluding carboxylic acids is 1. The van der Waals surface area contributed by atoms with Crippen LogP contribution in [0.15, 0.2) is 20.4 Å². The van der Waals surface area contributed by atoms with Gasteiger partial charge in [0.15, 0.2) is 0 Å². The van der Waals surface area contributed by atoms with Crippen molar-refractivity contribution < 1.29 is 4.79 Å². The molecule has 1 aliphatic heterocycles. The van der Waals surface area contributed by atoms with Gasteiger partial charge in [-0.15, -0.1) is 0 Å². The number of rotatable bonds is 8. The largest absolute Gasteiger partial charge is 0.352 e. The maximum atomic E-state index is 13.1. The number of hydrogen-bond donors (Lipinski definition) is 1. The van der Waals surface area contributed by atoms with Gasteiger partial charge in [0.1, 0.15) is 5.65 Å². The average molecular weight is 447 g/mol. The number of piperazine rings is 1. The van der Waals surface area contributed by atoms with Crippen LogP contribution < -0.4 is 22.1 Å². The summed E-state index contributed by atoms with van der Waals surface area (Å²) in [7, 11) is 1.52. The number of fused-ring (bicyclic) bond motifs is 1. The molecule has 0 saturated carbocycles. The van der Waals surface area contributed by atoms with Gasteiger partial charge in [0.05, 0.1) is 10.9 Å². The Morgan fingerprint density at radius 3 is 2.16 bits per heavy atom. The maximum absolute atomic E-state index is 13.1. The Morgan fingerprint density at radius 1 is 0.938 bits per heavy atom. The lowest BCUT2D eigenvalue weighted by Crippen LogP contribution is -2.46. The zero-order valence-corrected chi connectivity index (χ0v) is 19.5. The number of aryl methyl sites for hydroxylation is 2. The van der Waals surface area contributed by atoms with Crippen LogP contribution in [0.4, 0.5) is 0 Å². The number of amides is 1. The number of hydrogen-bond acceptors (Lipinski definition) is 6. The molecule has 1 fully saturated rings. The third-order valence-electron chi connectivity index (χ3n) is 6.30. The molecule has 1 amide bonds. The highest BCUT2D eigenvalue weighted by molar-refractivity contribution is 6.05. The molecule has 0 aromatic carbocycles. The second-order valence-electron chi connectivity index (χ2n) is 8.12. The van der Waals surface area contributed by atoms with Crippen LogP contribution in [0.25, 0.3) is 11.0 Å². The Morgan fingerprint density at radius 2 is 1.56 bits per heavy atom. The second-order valence-corrected chi connectivity index (χ2v) is 8.12. The first kappa shape index (κ1) is 23.9. The molecule has 3 heterocycles. The van der Waals surface area contributed by atoms with E-state index in [2.05, 4.69) is 22.0 Å². The predicted octanol–water partition coefficient (Wildman–Crippen LogP) is -0.341. The maximum Gasteiger partial charge on any atom is 0.332 e. The van der Waals surface area contributed by atoms with Crippen molar-refractivity contribution in [3.05, 3.63) is 42.8 Å². The van der Waals surface area contributed by atoms with Crippen LogP contribution in [0.1, 0.15) is 37.6 Å². The molecule has 1 N–H and O–H groups in total. The number of nitrogens with zero attached hydrogens (tertiary/aromatic N) is 5. The fourth-order valence-electron chi connectivity index (χ4n) is 4.38. The van der Waals surface area contributed by atoms with Crippen molar-refractivity contribution in [1.29, 1.82) is 0 Å². The minimum Gasteiger partial charge on any atom is -0.352 e. The zero-order valence-electron chi connectivity index (χ0n) is 19.5. The lowest BCUT2D eigenvalue weighted by atomic mass is 10.1. The first-order valence-corrected chi connectivity index (χ1v) is 11.4. The van der Waals surface area contributed by atoms with Crippen LogP contribution in [0.2, 0.25) is 0 Å². The smallest absolute Gasteiger partial charge is 0.332 e. The summed E-state index contributed by atoms with van der Waals surface area (Å²) in [5.74, 6) is -0.468. The summed E-state index contributed by atoms with van der Waals surface area (Å²) in [6.07, 6.45) is 0.777. The molecular formula is C22H34N6O4. The third kappa shape index (κ3) is 4.56. The van der Waals surface area contributed by atoms with Crippen molar-refractivity contribution >= 4 is 16.9 Å². The van der Waals surface area contributed by atoms with Crippen LogP contribution >= 0.6 is 0 Å². The molecule has 0 radical (unpaired) electrons. The molecule has 0 unspecified atom stereocenters. The lowest BCUT2D eigenvalue weighted by Gasteiger charge is -2.33. The summed E-state index contributed by atoms with van der Waals surface area (Å²) in [4.78, 5) is 56.1. The molecule has 1 saturated heterocycles. The van der Waals surface area contributed by atoms with Gasteiger partial charge in [-0.2, -0.15) is 0 Å². The number of pyridine rings is 1. The van der Waals surface area contributed by atoms with E-state index in [9.17, 15) is 19.2 Å². The Balaban J connectivity index is 1.83. The highest BCUT2D eigenvalue weighted by atomic mass is 16.2. The van der Waals surface area contributed by atoms with Crippen molar-refractivity contribution in [2.75, 3.05) is 45.8 Å². The van der Waals surface area contributed by atoms with Gasteiger partial charge in [-0.1, -0.05) is 6.92 Å². The zero-order chi connectivity index (χ0) is 23.4. The molecule has 0 bridgehead atoms. The van der Waals surface area contributed by atoms with Crippen LogP contribution in [0, 0.1) is 0 Å². The fraction of sp³-hybridized carbons (Fsp3) is 0.636. The predicted molar refractivity (Wildman–Crippen MR) is 125 cm³/mol. The number of likely N-dealkylation sites (N-methyl/N-ethyl adjacent to an activating group) is 1. The summed E-state index contributed by atoms with van der Waals surface area (Å²) in [6.45, 7) is 12.6. The van der Waals surface area contributed by atoms with Gasteiger partial charge < -0.3 is 15.1 Å². The van der Waals surface area contributed by atoms with Gasteiger partial charge in [-0.25, -0.2) is 4.79 Å². The van der Waals surface area contributed by atoms with E-state index in [0.717, 1.165) is 50.3 Å². The third-order valence-corrected chi connectivity index (χ3v) is 6.30. The van der Waals surface area contributed by atoms with Crippen LogP contribution in [-0.4, -0.2) is 75.2 Å². The van der Waals surface area contributed by atoms with Gasteiger partial charge >= 0.3 is 5.69 Å². The Hall–Kier alpha value is -2.72. The van der Waals surface area contributed by atoms with Crippen LogP contribution in [0.5, 0.6) is 0 Å². The lowest BCUT2D eigenvalue weighted by molar-refractivity contribution is 0.0949. The molecule has 0 spiro atoms. The van der Waals surface area contributed by atoms with Crippen molar-refractivity contribution in [2.24, 2.45) is 7.05 Å². The molecule has 0 aliphatic carbocycles. The second kappa shape index (κ2) is 10.3. The van der Waals surface area contributed by atoms with E-state index in [4.69, 9.17) is 0 Å². The van der Waals surface area contributed by atoms with Crippen molar-refractivity contribution in [1.82, 2.24) is 28.8 Å². The topological polar surface area (TPSA) is 102 Å². The van der Waals surface area contributed by atoms with E-state index in [0.29, 0.717) is 6.54 Å². The Kier molecular flexibility index (Phi) is 7.68. The molecule has 10 heteroatoms. The minimum absolute atomic E-state index is 0.0223. The highest BCUT2D eigenvalue weighted by Gasteiger charge is 2.22. The molecular weight excluding hydrogens is 412 g/mol. The number of aromatic nitrogens is 3. The van der Waals surface area contributed by atoms with Crippen LogP contribution in [-0.2, 0) is 20.1 Å². The van der Waals surface area contributed by atoms with E-state index < -0.39 is 22.7 Å². The monoisotopic (exact) mass is 446 g/mol. The van der Waals surface area contributed by atoms with E-state index in [-0.39, 0.29) is 29.7 Å². The average Bonchev–Trinajstić information content (AvgIpc) is 2.80. The quantitative estimate of drug-likeness (QED) is 0.557. The van der Waals surface area contributed by atoms with Gasteiger partial charge in [0.2, 0.25) is 0 Å². The molecule has 2 aromatic heterocycles. The molecule has 32 heavy (non-hydrogen) atoms. The highest BCUT2D eigenvalue weighted by Crippen LogP contribution is 2.12. The summed E-state index contributed by atoms with van der Waals surface area (Å²) >= 11 is 0. The summed E-state index contributed by atoms with van der Waals surface area (Å²) in [6, 6.07) is 1.21. The van der Waals surface area contributed by atoms with E-state index in [1.807, 2.05) is 0 Å². The molecule has 3 rings (SSSR count). The van der Waals surface area contributed by atoms with Crippen molar-refractivity contribution in [2.45, 2.75) is 40.3 Å². The summed E-state index contributed by atoms with van der Waals surface area (Å²) < 4.78 is 3.71. The van der Waals surface area contributed by atoms with Gasteiger partial charge in [-0.05, 0) is 33.4 Å². The standard InChI is InChI=1S/C22H34N6O4/c1-5-25-11-13-26(14-12-25)10-8-9-23-19(30)16-15-17(29)27(6-2)20-18(16)21(31)28(7-3)22(32)24(20)4/h15H,5-14H2,1-4H3,(H,23,30). The van der Waals surface area contributed by atoms with Crippen molar-refractivity contribution in [3.63, 3.8) is 0 Å². The first-order valence-electron chi connectivity index (χ1n) is 11.4. The van der Waals surface area contributed by atoms with Gasteiger partial charge in [-0.3, -0.25) is 28.1 Å². The molecule has 1 aliphatic rings. The first-order chi connectivity index (χ1) is 15.3. The van der Waals surface area contributed by atoms with E-state index in [1.165, 1.54) is 22.2 Å². The SMILES string of the molecule is CCN1CCN(CCCNC(=O)c2cc(=O)n(CC)c3c2c(=O)n(CC)c(=O)n3C)CC1.